The van der Waals surface area contributed by atoms with E-state index in [4.69, 9.17) is 34.8 Å². The van der Waals surface area contributed by atoms with Gasteiger partial charge in [0.2, 0.25) is 0 Å². The molecule has 0 spiro atoms. The number of aromatic hydroxyl groups is 1. The van der Waals surface area contributed by atoms with E-state index in [9.17, 15) is 5.11 Å². The molecule has 2 N–H and O–H groups in total. The highest BCUT2D eigenvalue weighted by Crippen LogP contribution is 2.33. The van der Waals surface area contributed by atoms with Crippen LogP contribution in [-0.2, 0) is 0 Å². The molecule has 21 heavy (non-hydrogen) atoms. The molecule has 0 aliphatic rings. The van der Waals surface area contributed by atoms with E-state index in [0.29, 0.717) is 26.3 Å². The SMILES string of the molecule is Oc1c(I)cc(I)cc1C=NNc1c(Cl)cc(Cl)cc1Cl. The normalized spacial score (nSPS) is 11.1. The van der Waals surface area contributed by atoms with E-state index in [1.807, 2.05) is 12.1 Å². The van der Waals surface area contributed by atoms with E-state index in [2.05, 4.69) is 55.7 Å². The Kier molecular flexibility index (Phi) is 6.25. The molecule has 0 fully saturated rings. The van der Waals surface area contributed by atoms with Gasteiger partial charge in [-0.1, -0.05) is 34.8 Å². The van der Waals surface area contributed by atoms with E-state index in [1.54, 1.807) is 12.1 Å². The highest BCUT2D eigenvalue weighted by Gasteiger charge is 2.08. The van der Waals surface area contributed by atoms with E-state index in [-0.39, 0.29) is 5.75 Å². The fourth-order valence-corrected chi connectivity index (χ4v) is 4.29. The number of hydrogen-bond donors (Lipinski definition) is 2. The number of rotatable bonds is 3. The van der Waals surface area contributed by atoms with Crippen LogP contribution >= 0.6 is 80.0 Å². The molecular formula is C13H7Cl3I2N2O. The lowest BCUT2D eigenvalue weighted by atomic mass is 10.2. The first-order valence-electron chi connectivity index (χ1n) is 5.50. The Morgan fingerprint density at radius 1 is 1.05 bits per heavy atom. The summed E-state index contributed by atoms with van der Waals surface area (Å²) in [5, 5.41) is 15.2. The summed E-state index contributed by atoms with van der Waals surface area (Å²) in [6.45, 7) is 0. The number of nitrogens with one attached hydrogen (secondary N) is 1. The van der Waals surface area contributed by atoms with E-state index < -0.39 is 0 Å². The van der Waals surface area contributed by atoms with Crippen LogP contribution in [0.5, 0.6) is 5.75 Å². The molecule has 0 heterocycles. The molecule has 0 radical (unpaired) electrons. The number of phenolic OH excluding ortho intramolecular Hbond substituents is 1. The Morgan fingerprint density at radius 3 is 2.29 bits per heavy atom. The average Bonchev–Trinajstić information content (AvgIpc) is 2.37. The van der Waals surface area contributed by atoms with Gasteiger partial charge in [-0.3, -0.25) is 5.43 Å². The number of anilines is 1. The molecule has 0 aliphatic carbocycles. The molecule has 0 unspecified atom stereocenters. The molecule has 3 nitrogen and oxygen atoms in total. The third-order valence-corrected chi connectivity index (χ3v) is 4.70. The summed E-state index contributed by atoms with van der Waals surface area (Å²) < 4.78 is 1.75. The third-order valence-electron chi connectivity index (χ3n) is 2.44. The summed E-state index contributed by atoms with van der Waals surface area (Å²) >= 11 is 22.2. The molecular weight excluding hydrogens is 560 g/mol. The minimum Gasteiger partial charge on any atom is -0.506 e. The van der Waals surface area contributed by atoms with Crippen LogP contribution in [0.2, 0.25) is 15.1 Å². The number of benzene rings is 2. The molecule has 2 aromatic carbocycles. The van der Waals surface area contributed by atoms with Crippen molar-refractivity contribution in [2.75, 3.05) is 5.43 Å². The zero-order valence-electron chi connectivity index (χ0n) is 10.2. The Labute approximate surface area is 163 Å². The molecule has 0 aromatic heterocycles. The lowest BCUT2D eigenvalue weighted by Crippen LogP contribution is -1.94. The Balaban J connectivity index is 2.25. The third kappa shape index (κ3) is 4.51. The van der Waals surface area contributed by atoms with Gasteiger partial charge in [0.05, 0.1) is 25.5 Å². The second-order valence-corrected chi connectivity index (χ2v) is 7.60. The summed E-state index contributed by atoms with van der Waals surface area (Å²) in [6, 6.07) is 6.82. The highest BCUT2D eigenvalue weighted by atomic mass is 127. The summed E-state index contributed by atoms with van der Waals surface area (Å²) in [5.41, 5.74) is 3.81. The Morgan fingerprint density at radius 2 is 1.67 bits per heavy atom. The van der Waals surface area contributed by atoms with Crippen molar-refractivity contribution in [3.63, 3.8) is 0 Å². The number of nitrogens with zero attached hydrogens (tertiary/aromatic N) is 1. The van der Waals surface area contributed by atoms with E-state index in [1.165, 1.54) is 6.21 Å². The van der Waals surface area contributed by atoms with Crippen molar-refractivity contribution >= 4 is 91.9 Å². The first-order valence-corrected chi connectivity index (χ1v) is 8.79. The molecule has 0 amide bonds. The monoisotopic (exact) mass is 566 g/mol. The van der Waals surface area contributed by atoms with Crippen LogP contribution < -0.4 is 5.43 Å². The fraction of sp³-hybridized carbons (Fsp3) is 0. The minimum absolute atomic E-state index is 0.176. The summed E-state index contributed by atoms with van der Waals surface area (Å²) in [7, 11) is 0. The van der Waals surface area contributed by atoms with Crippen LogP contribution in [0.4, 0.5) is 5.69 Å². The largest absolute Gasteiger partial charge is 0.506 e. The van der Waals surface area contributed by atoms with Crippen LogP contribution in [0, 0.1) is 7.14 Å². The molecule has 0 bridgehead atoms. The number of hydrogen-bond acceptors (Lipinski definition) is 3. The zero-order chi connectivity index (χ0) is 15.6. The topological polar surface area (TPSA) is 44.6 Å². The lowest BCUT2D eigenvalue weighted by Gasteiger charge is -2.07. The van der Waals surface area contributed by atoms with Crippen molar-refractivity contribution in [3.05, 3.63) is 52.0 Å². The molecule has 0 saturated heterocycles. The van der Waals surface area contributed by atoms with Crippen molar-refractivity contribution < 1.29 is 5.11 Å². The Hall–Kier alpha value is 0.0400. The van der Waals surface area contributed by atoms with Crippen molar-refractivity contribution in [2.45, 2.75) is 0 Å². The first kappa shape index (κ1) is 17.4. The number of hydrazone groups is 1. The number of phenols is 1. The van der Waals surface area contributed by atoms with Gasteiger partial charge in [0.25, 0.3) is 0 Å². The van der Waals surface area contributed by atoms with Crippen LogP contribution in [0.1, 0.15) is 5.56 Å². The molecule has 110 valence electrons. The van der Waals surface area contributed by atoms with Crippen molar-refractivity contribution in [3.8, 4) is 5.75 Å². The van der Waals surface area contributed by atoms with Gasteiger partial charge in [-0.15, -0.1) is 0 Å². The van der Waals surface area contributed by atoms with Gasteiger partial charge in [-0.05, 0) is 69.4 Å². The molecule has 0 saturated carbocycles. The van der Waals surface area contributed by atoms with Gasteiger partial charge in [0.15, 0.2) is 0 Å². The second-order valence-electron chi connectivity index (χ2n) is 3.94. The van der Waals surface area contributed by atoms with E-state index in [0.717, 1.165) is 7.14 Å². The first-order chi connectivity index (χ1) is 9.88. The second kappa shape index (κ2) is 7.54. The predicted molar refractivity (Wildman–Crippen MR) is 106 cm³/mol. The maximum Gasteiger partial charge on any atom is 0.137 e. The van der Waals surface area contributed by atoms with Gasteiger partial charge in [-0.2, -0.15) is 5.10 Å². The van der Waals surface area contributed by atoms with Crippen LogP contribution in [-0.4, -0.2) is 11.3 Å². The van der Waals surface area contributed by atoms with Gasteiger partial charge < -0.3 is 5.11 Å². The van der Waals surface area contributed by atoms with Crippen molar-refractivity contribution in [1.29, 1.82) is 0 Å². The Bertz CT molecular complexity index is 700. The number of halogens is 5. The van der Waals surface area contributed by atoms with Gasteiger partial charge >= 0.3 is 0 Å². The van der Waals surface area contributed by atoms with Crippen molar-refractivity contribution in [1.82, 2.24) is 0 Å². The maximum absolute atomic E-state index is 9.97. The molecule has 2 aromatic rings. The summed E-state index contributed by atoms with van der Waals surface area (Å²) in [5.74, 6) is 0.176. The predicted octanol–water partition coefficient (Wildman–Crippen LogP) is 6.01. The lowest BCUT2D eigenvalue weighted by molar-refractivity contribution is 0.470. The smallest absolute Gasteiger partial charge is 0.137 e. The average molecular weight is 567 g/mol. The molecule has 0 atom stereocenters. The molecule has 8 heteroatoms. The zero-order valence-corrected chi connectivity index (χ0v) is 16.8. The summed E-state index contributed by atoms with van der Waals surface area (Å²) in [4.78, 5) is 0. The highest BCUT2D eigenvalue weighted by molar-refractivity contribution is 14.1. The molecule has 0 aliphatic heterocycles. The fourth-order valence-electron chi connectivity index (χ4n) is 1.50. The van der Waals surface area contributed by atoms with Crippen LogP contribution in [0.25, 0.3) is 0 Å². The minimum atomic E-state index is 0.176. The van der Waals surface area contributed by atoms with Gasteiger partial charge in [0, 0.05) is 14.2 Å². The van der Waals surface area contributed by atoms with Gasteiger partial charge in [0.1, 0.15) is 5.75 Å². The van der Waals surface area contributed by atoms with Crippen molar-refractivity contribution in [2.24, 2.45) is 5.10 Å². The quantitative estimate of drug-likeness (QED) is 0.271. The standard InChI is InChI=1S/C13H7Cl3I2N2O/c14-7-2-9(15)12(10(16)3-7)20-19-5-6-1-8(17)4-11(18)13(6)21/h1-5,20-21H. The molecule has 2 rings (SSSR count). The van der Waals surface area contributed by atoms with Crippen LogP contribution in [0.15, 0.2) is 29.4 Å². The van der Waals surface area contributed by atoms with Crippen LogP contribution in [0.3, 0.4) is 0 Å². The van der Waals surface area contributed by atoms with Gasteiger partial charge in [-0.25, -0.2) is 0 Å². The summed E-state index contributed by atoms with van der Waals surface area (Å²) in [6.07, 6.45) is 1.50. The van der Waals surface area contributed by atoms with E-state index >= 15 is 0 Å². The maximum atomic E-state index is 9.97.